The molecule has 0 aromatic rings. The lowest BCUT2D eigenvalue weighted by Gasteiger charge is -2.31. The first-order chi connectivity index (χ1) is 7.91. The Morgan fingerprint density at radius 1 is 1.41 bits per heavy atom. The number of rotatable bonds is 3. The predicted octanol–water partition coefficient (Wildman–Crippen LogP) is 0.262. The summed E-state index contributed by atoms with van der Waals surface area (Å²) in [6.45, 7) is 4.15. The number of carbonyl (C=O) groups excluding carboxylic acids is 1. The molecule has 3 N–H and O–H groups in total. The number of carboxylic acids is 1. The van der Waals surface area contributed by atoms with Gasteiger partial charge in [0.15, 0.2) is 0 Å². The molecule has 0 aromatic carbocycles. The number of carbonyl (C=O) groups is 2. The van der Waals surface area contributed by atoms with E-state index in [4.69, 9.17) is 5.11 Å². The quantitative estimate of drug-likeness (QED) is 0.664. The van der Waals surface area contributed by atoms with Gasteiger partial charge in [0.05, 0.1) is 12.0 Å². The molecular weight excluding hydrogens is 224 g/mol. The Balaban J connectivity index is 2.45. The van der Waals surface area contributed by atoms with Gasteiger partial charge in [-0.25, -0.2) is 4.79 Å². The van der Waals surface area contributed by atoms with E-state index in [0.29, 0.717) is 19.5 Å². The number of likely N-dealkylation sites (tertiary alicyclic amines) is 1. The third-order valence-corrected chi connectivity index (χ3v) is 3.17. The summed E-state index contributed by atoms with van der Waals surface area (Å²) in [5.41, 5.74) is 0. The molecule has 0 radical (unpaired) electrons. The molecule has 2 amide bonds. The Labute approximate surface area is 101 Å². The maximum atomic E-state index is 11.8. The number of hydrogen-bond acceptors (Lipinski definition) is 3. The second-order valence-electron chi connectivity index (χ2n) is 4.61. The second kappa shape index (κ2) is 5.86. The molecule has 98 valence electrons. The predicted molar refractivity (Wildman–Crippen MR) is 61.6 cm³/mol. The molecule has 1 aliphatic rings. The molecule has 1 aliphatic heterocycles. The Hall–Kier alpha value is -1.30. The van der Waals surface area contributed by atoms with E-state index >= 15 is 0 Å². The summed E-state index contributed by atoms with van der Waals surface area (Å²) in [7, 11) is 0. The van der Waals surface area contributed by atoms with Gasteiger partial charge in [-0.1, -0.05) is 0 Å². The minimum Gasteiger partial charge on any atom is -0.481 e. The van der Waals surface area contributed by atoms with Crippen LogP contribution >= 0.6 is 0 Å². The fourth-order valence-corrected chi connectivity index (χ4v) is 1.76. The van der Waals surface area contributed by atoms with Crippen LogP contribution in [0.15, 0.2) is 0 Å². The summed E-state index contributed by atoms with van der Waals surface area (Å²) >= 11 is 0. The summed E-state index contributed by atoms with van der Waals surface area (Å²) in [4.78, 5) is 24.1. The molecule has 0 aromatic heterocycles. The van der Waals surface area contributed by atoms with Crippen LogP contribution in [0.5, 0.6) is 0 Å². The molecule has 1 heterocycles. The molecule has 17 heavy (non-hydrogen) atoms. The van der Waals surface area contributed by atoms with E-state index in [1.165, 1.54) is 4.90 Å². The van der Waals surface area contributed by atoms with Crippen molar-refractivity contribution >= 4 is 12.0 Å². The fraction of sp³-hybridized carbons (Fsp3) is 0.818. The molecule has 1 fully saturated rings. The van der Waals surface area contributed by atoms with E-state index in [0.717, 1.165) is 6.42 Å². The third kappa shape index (κ3) is 3.89. The first-order valence-corrected chi connectivity index (χ1v) is 5.88. The van der Waals surface area contributed by atoms with Crippen LogP contribution in [0, 0.1) is 5.92 Å². The van der Waals surface area contributed by atoms with E-state index in [1.807, 2.05) is 0 Å². The summed E-state index contributed by atoms with van der Waals surface area (Å²) < 4.78 is 0. The summed E-state index contributed by atoms with van der Waals surface area (Å²) in [5.74, 6) is -1.56. The number of aliphatic carboxylic acids is 1. The van der Waals surface area contributed by atoms with Crippen LogP contribution in [0.25, 0.3) is 0 Å². The zero-order chi connectivity index (χ0) is 13.0. The first kappa shape index (κ1) is 13.8. The van der Waals surface area contributed by atoms with Gasteiger partial charge in [0.1, 0.15) is 0 Å². The van der Waals surface area contributed by atoms with Gasteiger partial charge >= 0.3 is 12.0 Å². The average Bonchev–Trinajstić information content (AvgIpc) is 2.27. The van der Waals surface area contributed by atoms with Gasteiger partial charge in [-0.05, 0) is 26.7 Å². The Kier molecular flexibility index (Phi) is 4.74. The van der Waals surface area contributed by atoms with Gasteiger partial charge in [0.25, 0.3) is 0 Å². The Morgan fingerprint density at radius 2 is 2.06 bits per heavy atom. The molecule has 6 nitrogen and oxygen atoms in total. The summed E-state index contributed by atoms with van der Waals surface area (Å²) in [6, 6.07) is -0.733. The van der Waals surface area contributed by atoms with Crippen molar-refractivity contribution in [2.45, 2.75) is 38.8 Å². The van der Waals surface area contributed by atoms with Crippen LogP contribution in [0.3, 0.4) is 0 Å². The Bertz CT molecular complexity index is 295. The molecule has 0 aliphatic carbocycles. The number of urea groups is 1. The van der Waals surface area contributed by atoms with Crippen molar-refractivity contribution in [2.75, 3.05) is 13.1 Å². The zero-order valence-electron chi connectivity index (χ0n) is 10.2. The SMILES string of the molecule is CC(NC(=O)N1CCCC(O)C1)C(C)C(=O)O. The minimum atomic E-state index is -0.934. The lowest BCUT2D eigenvalue weighted by molar-refractivity contribution is -0.141. The number of carboxylic acid groups (broad SMARTS) is 1. The van der Waals surface area contributed by atoms with E-state index in [1.54, 1.807) is 13.8 Å². The van der Waals surface area contributed by atoms with Gasteiger partial charge in [-0.2, -0.15) is 0 Å². The molecule has 3 atom stereocenters. The van der Waals surface area contributed by atoms with Crippen molar-refractivity contribution in [3.8, 4) is 0 Å². The molecule has 0 saturated carbocycles. The van der Waals surface area contributed by atoms with Crippen LogP contribution in [-0.4, -0.2) is 52.3 Å². The van der Waals surface area contributed by atoms with Gasteiger partial charge in [0, 0.05) is 19.1 Å². The van der Waals surface area contributed by atoms with Crippen molar-refractivity contribution in [2.24, 2.45) is 5.92 Å². The topological polar surface area (TPSA) is 89.9 Å². The highest BCUT2D eigenvalue weighted by Gasteiger charge is 2.26. The second-order valence-corrected chi connectivity index (χ2v) is 4.61. The normalized spacial score (nSPS) is 23.9. The number of piperidine rings is 1. The lowest BCUT2D eigenvalue weighted by Crippen LogP contribution is -2.51. The third-order valence-electron chi connectivity index (χ3n) is 3.17. The molecule has 1 rings (SSSR count). The molecule has 6 heteroatoms. The molecular formula is C11H20N2O4. The summed E-state index contributed by atoms with van der Waals surface area (Å²) in [6.07, 6.45) is 1.02. The molecule has 0 bridgehead atoms. The smallest absolute Gasteiger partial charge is 0.317 e. The van der Waals surface area contributed by atoms with E-state index in [2.05, 4.69) is 5.32 Å². The highest BCUT2D eigenvalue weighted by molar-refractivity contribution is 5.76. The zero-order valence-corrected chi connectivity index (χ0v) is 10.2. The van der Waals surface area contributed by atoms with Crippen LogP contribution in [0.1, 0.15) is 26.7 Å². The van der Waals surface area contributed by atoms with Crippen molar-refractivity contribution < 1.29 is 19.8 Å². The number of hydrogen-bond donors (Lipinski definition) is 3. The number of aliphatic hydroxyl groups is 1. The maximum absolute atomic E-state index is 11.8. The van der Waals surface area contributed by atoms with Crippen molar-refractivity contribution in [1.29, 1.82) is 0 Å². The number of β-amino-alcohol motifs (C(OH)–C–C–N with tert-alkyl or cyclic N) is 1. The van der Waals surface area contributed by atoms with Crippen LogP contribution in [-0.2, 0) is 4.79 Å². The van der Waals surface area contributed by atoms with Gasteiger partial charge in [-0.15, -0.1) is 0 Å². The van der Waals surface area contributed by atoms with E-state index < -0.39 is 24.0 Å². The van der Waals surface area contributed by atoms with Crippen molar-refractivity contribution in [1.82, 2.24) is 10.2 Å². The van der Waals surface area contributed by atoms with Crippen molar-refractivity contribution in [3.63, 3.8) is 0 Å². The molecule has 0 spiro atoms. The largest absolute Gasteiger partial charge is 0.481 e. The average molecular weight is 244 g/mol. The lowest BCUT2D eigenvalue weighted by atomic mass is 10.0. The van der Waals surface area contributed by atoms with Gasteiger partial charge in [0.2, 0.25) is 0 Å². The van der Waals surface area contributed by atoms with Crippen LogP contribution < -0.4 is 5.32 Å². The standard InChI is InChI=1S/C11H20N2O4/c1-7(10(15)16)8(2)12-11(17)13-5-3-4-9(14)6-13/h7-9,14H,3-6H2,1-2H3,(H,12,17)(H,15,16). The van der Waals surface area contributed by atoms with Gasteiger partial charge in [-0.3, -0.25) is 4.79 Å². The van der Waals surface area contributed by atoms with Crippen molar-refractivity contribution in [3.05, 3.63) is 0 Å². The highest BCUT2D eigenvalue weighted by atomic mass is 16.4. The first-order valence-electron chi connectivity index (χ1n) is 5.88. The number of aliphatic hydroxyl groups excluding tert-OH is 1. The fourth-order valence-electron chi connectivity index (χ4n) is 1.76. The van der Waals surface area contributed by atoms with E-state index in [-0.39, 0.29) is 6.03 Å². The Morgan fingerprint density at radius 3 is 2.59 bits per heavy atom. The molecule has 3 unspecified atom stereocenters. The van der Waals surface area contributed by atoms with Crippen LogP contribution in [0.2, 0.25) is 0 Å². The van der Waals surface area contributed by atoms with Gasteiger partial charge < -0.3 is 20.4 Å². The summed E-state index contributed by atoms with van der Waals surface area (Å²) in [5, 5.41) is 20.9. The number of amides is 2. The number of nitrogens with one attached hydrogen (secondary N) is 1. The van der Waals surface area contributed by atoms with Crippen LogP contribution in [0.4, 0.5) is 4.79 Å². The van der Waals surface area contributed by atoms with E-state index in [9.17, 15) is 14.7 Å². The minimum absolute atomic E-state index is 0.302. The maximum Gasteiger partial charge on any atom is 0.317 e. The monoisotopic (exact) mass is 244 g/mol. The molecule has 1 saturated heterocycles. The number of nitrogens with zero attached hydrogens (tertiary/aromatic N) is 1. The highest BCUT2D eigenvalue weighted by Crippen LogP contribution is 2.10.